The van der Waals surface area contributed by atoms with Crippen LogP contribution in [0.3, 0.4) is 0 Å². The Morgan fingerprint density at radius 3 is 2.70 bits per heavy atom. The molecule has 1 aromatic carbocycles. The van der Waals surface area contributed by atoms with Crippen molar-refractivity contribution in [2.24, 2.45) is 16.6 Å². The Morgan fingerprint density at radius 1 is 1.34 bits per heavy atom. The zero-order chi connectivity index (χ0) is 31.8. The number of hydrogen-bond acceptors (Lipinski definition) is 14. The Balaban J connectivity index is 1.30. The van der Waals surface area contributed by atoms with Crippen molar-refractivity contribution in [3.63, 3.8) is 0 Å². The minimum Gasteiger partial charge on any atom is -0.461 e. The number of hydrogen-bond donors (Lipinski definition) is 5. The minimum atomic E-state index is -4.16. The van der Waals surface area contributed by atoms with Crippen LogP contribution in [0.15, 0.2) is 40.1 Å². The van der Waals surface area contributed by atoms with Gasteiger partial charge in [-0.1, -0.05) is 22.9 Å². The summed E-state index contributed by atoms with van der Waals surface area (Å²) in [7, 11) is -6.31. The third-order valence-electron chi connectivity index (χ3n) is 6.82. The summed E-state index contributed by atoms with van der Waals surface area (Å²) in [4.78, 5) is 23.1. The van der Waals surface area contributed by atoms with Crippen molar-refractivity contribution in [3.8, 4) is 5.75 Å². The molecule has 0 spiro atoms. The van der Waals surface area contributed by atoms with Crippen LogP contribution in [0.25, 0.3) is 0 Å². The molecular weight excluding hydrogens is 687 g/mol. The summed E-state index contributed by atoms with van der Waals surface area (Å²) in [6.45, 7) is 0.968. The molecule has 17 nitrogen and oxygen atoms in total. The van der Waals surface area contributed by atoms with Crippen LogP contribution in [0.2, 0.25) is 0 Å². The molecule has 2 fully saturated rings. The van der Waals surface area contributed by atoms with Gasteiger partial charge in [0.05, 0.1) is 25.3 Å². The number of carbonyl (C=O) groups excluding carboxylic acids is 1. The Kier molecular flexibility index (Phi) is 9.69. The lowest BCUT2D eigenvalue weighted by Gasteiger charge is -2.28. The number of aliphatic imine (C=N–C) groups is 1. The molecule has 242 valence electrons. The van der Waals surface area contributed by atoms with Gasteiger partial charge in [-0.25, -0.2) is 28.0 Å². The van der Waals surface area contributed by atoms with E-state index in [1.165, 1.54) is 18.4 Å². The second kappa shape index (κ2) is 13.0. The van der Waals surface area contributed by atoms with Gasteiger partial charge in [-0.05, 0) is 37.1 Å². The Bertz CT molecular complexity index is 1550. The smallest absolute Gasteiger partial charge is 0.459 e. The molecule has 44 heavy (non-hydrogen) atoms. The monoisotopic (exact) mass is 720 g/mol. The molecule has 5 rings (SSSR count). The number of anilines is 1. The van der Waals surface area contributed by atoms with Crippen LogP contribution in [-0.4, -0.2) is 90.9 Å². The maximum absolute atomic E-state index is 13.7. The SMILES string of the molecule is C[C@@H]1C(n2cnc3c2NC(N)N=C3N(C)NS(C)(=O)=O)OC(COP(=O)(NCC(=O)OC2CC2)Oc2ccc(Br)cc2)[C@H]1O. The highest BCUT2D eigenvalue weighted by atomic mass is 79.9. The summed E-state index contributed by atoms with van der Waals surface area (Å²) in [5.41, 5.74) is 6.36. The van der Waals surface area contributed by atoms with E-state index in [0.717, 1.165) is 23.6 Å². The van der Waals surface area contributed by atoms with E-state index in [9.17, 15) is 22.9 Å². The molecule has 4 unspecified atom stereocenters. The van der Waals surface area contributed by atoms with Crippen LogP contribution in [0.5, 0.6) is 5.75 Å². The second-order valence-corrected chi connectivity index (χ2v) is 15.0. The number of imidazole rings is 1. The molecular formula is C24H34BrN8O9PS. The first-order valence-corrected chi connectivity index (χ1v) is 17.8. The molecule has 0 bridgehead atoms. The van der Waals surface area contributed by atoms with Gasteiger partial charge in [0.1, 0.15) is 42.2 Å². The van der Waals surface area contributed by atoms with E-state index in [1.807, 2.05) is 0 Å². The lowest BCUT2D eigenvalue weighted by Crippen LogP contribution is -2.47. The van der Waals surface area contributed by atoms with E-state index in [0.29, 0.717) is 11.5 Å². The van der Waals surface area contributed by atoms with Crippen molar-refractivity contribution < 1.29 is 41.4 Å². The number of sulfonamides is 1. The maximum Gasteiger partial charge on any atom is 0.459 e. The molecule has 2 aromatic rings. The molecule has 6 N–H and O–H groups in total. The molecule has 0 amide bonds. The standard InChI is InChI=1S/C24H34BrN8O9PS/c1-13-20(35)17(11-39-43(36,28-10-18(34)40-15-8-9-15)42-16-6-4-14(25)5-7-16)41-23(13)33-12-27-19-21(29-24(26)30-22(19)33)32(2)31-44(3,37)38/h4-7,12-13,15,17,20,23-24,30-31,35H,8-11,26H2,1-3H3,(H,28,36)/t13-,17?,20-,23?,24?,43?/m0/s1. The highest BCUT2D eigenvalue weighted by Crippen LogP contribution is 2.46. The number of aromatic nitrogens is 2. The molecule has 0 radical (unpaired) electrons. The topological polar surface area (TPSA) is 221 Å². The molecule has 1 aromatic heterocycles. The van der Waals surface area contributed by atoms with Crippen molar-refractivity contribution >= 4 is 51.3 Å². The van der Waals surface area contributed by atoms with Crippen LogP contribution >= 0.6 is 23.7 Å². The highest BCUT2D eigenvalue weighted by molar-refractivity contribution is 9.10. The molecule has 6 atom stereocenters. The van der Waals surface area contributed by atoms with Crippen LogP contribution < -0.4 is 25.5 Å². The predicted molar refractivity (Wildman–Crippen MR) is 161 cm³/mol. The van der Waals surface area contributed by atoms with Crippen molar-refractivity contribution in [1.29, 1.82) is 0 Å². The minimum absolute atomic E-state index is 0.130. The van der Waals surface area contributed by atoms with Crippen molar-refractivity contribution in [2.45, 2.75) is 50.6 Å². The van der Waals surface area contributed by atoms with Gasteiger partial charge in [0.2, 0.25) is 10.0 Å². The number of benzene rings is 1. The fraction of sp³-hybridized carbons (Fsp3) is 0.542. The molecule has 3 heterocycles. The highest BCUT2D eigenvalue weighted by Gasteiger charge is 2.45. The van der Waals surface area contributed by atoms with Gasteiger partial charge in [0, 0.05) is 17.4 Å². The number of carbonyl (C=O) groups is 1. The summed E-state index contributed by atoms with van der Waals surface area (Å²) in [6.07, 6.45) is 0.145. The van der Waals surface area contributed by atoms with Crippen LogP contribution in [0.4, 0.5) is 5.82 Å². The van der Waals surface area contributed by atoms with Gasteiger partial charge in [-0.15, -0.1) is 4.83 Å². The van der Waals surface area contributed by atoms with Gasteiger partial charge in [-0.2, -0.15) is 0 Å². The zero-order valence-electron chi connectivity index (χ0n) is 24.0. The average molecular weight is 722 g/mol. The number of rotatable bonds is 12. The van der Waals surface area contributed by atoms with E-state index < -0.39 is 60.9 Å². The summed E-state index contributed by atoms with van der Waals surface area (Å²) >= 11 is 3.33. The number of nitrogens with one attached hydrogen (secondary N) is 3. The molecule has 1 saturated carbocycles. The molecule has 1 aliphatic carbocycles. The summed E-state index contributed by atoms with van der Waals surface area (Å²) in [5, 5.41) is 17.8. The molecule has 1 saturated heterocycles. The number of nitrogens with zero attached hydrogens (tertiary/aromatic N) is 4. The van der Waals surface area contributed by atoms with Crippen molar-refractivity contribution in [3.05, 3.63) is 40.8 Å². The van der Waals surface area contributed by atoms with E-state index >= 15 is 0 Å². The van der Waals surface area contributed by atoms with Gasteiger partial charge in [-0.3, -0.25) is 24.6 Å². The quantitative estimate of drug-likeness (QED) is 0.117. The number of halogens is 1. The van der Waals surface area contributed by atoms with Gasteiger partial charge < -0.3 is 24.4 Å². The normalized spacial score (nSPS) is 26.2. The van der Waals surface area contributed by atoms with Gasteiger partial charge >= 0.3 is 13.7 Å². The maximum atomic E-state index is 13.7. The van der Waals surface area contributed by atoms with E-state index in [2.05, 4.69) is 41.1 Å². The first-order valence-electron chi connectivity index (χ1n) is 13.6. The third kappa shape index (κ3) is 7.96. The second-order valence-electron chi connectivity index (χ2n) is 10.6. The zero-order valence-corrected chi connectivity index (χ0v) is 27.3. The Hall–Kier alpha value is -2.61. The van der Waals surface area contributed by atoms with Crippen LogP contribution in [0.1, 0.15) is 31.7 Å². The number of esters is 1. The summed E-state index contributed by atoms with van der Waals surface area (Å²) in [6, 6.07) is 6.52. The number of fused-ring (bicyclic) bond motifs is 1. The lowest BCUT2D eigenvalue weighted by molar-refractivity contribution is -0.143. The Labute approximate surface area is 262 Å². The molecule has 2 aliphatic heterocycles. The number of aliphatic hydroxyl groups excluding tert-OH is 1. The van der Waals surface area contributed by atoms with Crippen molar-refractivity contribution in [2.75, 3.05) is 31.8 Å². The fourth-order valence-electron chi connectivity index (χ4n) is 4.60. The number of aliphatic hydroxyl groups is 1. The number of ether oxygens (including phenoxy) is 2. The van der Waals surface area contributed by atoms with E-state index in [-0.39, 0.29) is 24.3 Å². The first kappa shape index (κ1) is 32.8. The predicted octanol–water partition coefficient (Wildman–Crippen LogP) is 0.849. The summed E-state index contributed by atoms with van der Waals surface area (Å²) in [5.74, 6) is -0.340. The van der Waals surface area contributed by atoms with Crippen LogP contribution in [0, 0.1) is 5.92 Å². The largest absolute Gasteiger partial charge is 0.461 e. The average Bonchev–Trinajstić information content (AvgIpc) is 3.60. The first-order chi connectivity index (χ1) is 20.7. The lowest BCUT2D eigenvalue weighted by atomic mass is 10.0. The molecule has 3 aliphatic rings. The fourth-order valence-corrected chi connectivity index (χ4v) is 6.72. The number of amidine groups is 1. The van der Waals surface area contributed by atoms with E-state index in [1.54, 1.807) is 35.8 Å². The van der Waals surface area contributed by atoms with Gasteiger partial charge in [0.15, 0.2) is 12.1 Å². The molecule has 20 heteroatoms. The number of hydrazine groups is 1. The van der Waals surface area contributed by atoms with E-state index in [4.69, 9.17) is 24.3 Å². The third-order valence-corrected chi connectivity index (χ3v) is 9.44. The van der Waals surface area contributed by atoms with Gasteiger partial charge in [0.25, 0.3) is 0 Å². The van der Waals surface area contributed by atoms with Crippen LogP contribution in [-0.2, 0) is 33.4 Å². The number of nitrogens with two attached hydrogens (primary N) is 1. The van der Waals surface area contributed by atoms with Crippen molar-refractivity contribution in [1.82, 2.24) is 24.5 Å². The summed E-state index contributed by atoms with van der Waals surface area (Å²) < 4.78 is 62.4. The Morgan fingerprint density at radius 2 is 2.05 bits per heavy atom.